The number of halogens is 1. The molecule has 0 atom stereocenters. The highest BCUT2D eigenvalue weighted by Gasteiger charge is 2.05. The molecular formula is C24H32BrNO5. The average molecular weight is 494 g/mol. The molecule has 0 bridgehead atoms. The fraction of sp³-hybridized carbons (Fsp3) is 0.375. The van der Waals surface area contributed by atoms with Gasteiger partial charge in [-0.15, -0.1) is 0 Å². The molecule has 1 aromatic rings. The summed E-state index contributed by atoms with van der Waals surface area (Å²) in [6.45, 7) is 5.30. The number of carboxylic acids is 2. The Morgan fingerprint density at radius 1 is 0.871 bits per heavy atom. The van der Waals surface area contributed by atoms with E-state index in [1.807, 2.05) is 24.3 Å². The molecule has 0 saturated carbocycles. The van der Waals surface area contributed by atoms with Gasteiger partial charge in [0.2, 0.25) is 0 Å². The van der Waals surface area contributed by atoms with E-state index < -0.39 is 11.9 Å². The molecule has 0 aliphatic rings. The van der Waals surface area contributed by atoms with Gasteiger partial charge < -0.3 is 15.1 Å². The molecule has 1 rings (SSSR count). The number of aliphatic carboxylic acids is 2. The number of allylic oxidation sites excluding steroid dienone is 3. The lowest BCUT2D eigenvalue weighted by molar-refractivity contribution is -0.134. The SMILES string of the molecule is CC(=CCN(C)C)CCC=C(C)CCC(=O)c1ccc(Br)cc1.O=C(O)C=CC(=O)O. The Balaban J connectivity index is 0.000000954. The minimum Gasteiger partial charge on any atom is -0.478 e. The van der Waals surface area contributed by atoms with Gasteiger partial charge in [-0.2, -0.15) is 0 Å². The number of rotatable bonds is 11. The van der Waals surface area contributed by atoms with Crippen LogP contribution in [0.1, 0.15) is 49.9 Å². The molecular weight excluding hydrogens is 462 g/mol. The summed E-state index contributed by atoms with van der Waals surface area (Å²) in [5.74, 6) is -2.30. The number of carboxylic acid groups (broad SMARTS) is 2. The minimum atomic E-state index is -1.26. The third kappa shape index (κ3) is 16.9. The van der Waals surface area contributed by atoms with Gasteiger partial charge in [-0.1, -0.05) is 51.4 Å². The Morgan fingerprint density at radius 3 is 1.87 bits per heavy atom. The molecule has 6 nitrogen and oxygen atoms in total. The van der Waals surface area contributed by atoms with Crippen LogP contribution in [0.25, 0.3) is 0 Å². The molecule has 1 aromatic carbocycles. The molecule has 31 heavy (non-hydrogen) atoms. The molecule has 0 aromatic heterocycles. The lowest BCUT2D eigenvalue weighted by Crippen LogP contribution is -2.10. The predicted molar refractivity (Wildman–Crippen MR) is 127 cm³/mol. The van der Waals surface area contributed by atoms with Gasteiger partial charge >= 0.3 is 11.9 Å². The summed E-state index contributed by atoms with van der Waals surface area (Å²) >= 11 is 3.39. The van der Waals surface area contributed by atoms with Crippen molar-refractivity contribution in [1.29, 1.82) is 0 Å². The smallest absolute Gasteiger partial charge is 0.328 e. The number of ketones is 1. The molecule has 0 amide bonds. The average Bonchev–Trinajstić information content (AvgIpc) is 2.70. The van der Waals surface area contributed by atoms with E-state index in [2.05, 4.69) is 60.9 Å². The number of hydrogen-bond acceptors (Lipinski definition) is 4. The maximum Gasteiger partial charge on any atom is 0.328 e. The van der Waals surface area contributed by atoms with Crippen LogP contribution in [0, 0.1) is 0 Å². The first-order valence-electron chi connectivity index (χ1n) is 9.90. The maximum absolute atomic E-state index is 12.1. The molecule has 0 heterocycles. The Bertz CT molecular complexity index is 792. The Kier molecular flexibility index (Phi) is 14.9. The van der Waals surface area contributed by atoms with Crippen LogP contribution in [0.2, 0.25) is 0 Å². The summed E-state index contributed by atoms with van der Waals surface area (Å²) in [6.07, 6.45) is 9.22. The van der Waals surface area contributed by atoms with E-state index in [0.29, 0.717) is 18.6 Å². The largest absolute Gasteiger partial charge is 0.478 e. The lowest BCUT2D eigenvalue weighted by Gasteiger charge is -2.06. The van der Waals surface area contributed by atoms with Crippen molar-refractivity contribution in [3.63, 3.8) is 0 Å². The zero-order chi connectivity index (χ0) is 23.8. The highest BCUT2D eigenvalue weighted by atomic mass is 79.9. The fourth-order valence-electron chi connectivity index (χ4n) is 2.32. The first kappa shape index (κ1) is 28.5. The summed E-state index contributed by atoms with van der Waals surface area (Å²) in [6, 6.07) is 7.59. The highest BCUT2D eigenvalue weighted by Crippen LogP contribution is 2.15. The summed E-state index contributed by atoms with van der Waals surface area (Å²) in [7, 11) is 4.16. The number of hydrogen-bond donors (Lipinski definition) is 2. The topological polar surface area (TPSA) is 94.9 Å². The number of benzene rings is 1. The van der Waals surface area contributed by atoms with E-state index >= 15 is 0 Å². The first-order valence-corrected chi connectivity index (χ1v) is 10.7. The normalized spacial score (nSPS) is 11.9. The molecule has 170 valence electrons. The summed E-state index contributed by atoms with van der Waals surface area (Å²) in [5, 5.41) is 15.6. The van der Waals surface area contributed by atoms with Crippen molar-refractivity contribution in [3.05, 3.63) is 69.8 Å². The molecule has 0 fully saturated rings. The third-order valence-corrected chi connectivity index (χ3v) is 4.65. The molecule has 7 heteroatoms. The number of Topliss-reactive ketones (excluding diaryl/α,β-unsaturated/α-hetero) is 1. The van der Waals surface area contributed by atoms with E-state index in [0.717, 1.165) is 35.8 Å². The van der Waals surface area contributed by atoms with Crippen LogP contribution in [0.5, 0.6) is 0 Å². The second kappa shape index (κ2) is 16.2. The minimum absolute atomic E-state index is 0.215. The van der Waals surface area contributed by atoms with E-state index in [9.17, 15) is 14.4 Å². The van der Waals surface area contributed by atoms with Gasteiger partial charge in [0.1, 0.15) is 0 Å². The molecule has 0 saturated heterocycles. The first-order chi connectivity index (χ1) is 14.5. The van der Waals surface area contributed by atoms with E-state index in [1.165, 1.54) is 11.1 Å². The van der Waals surface area contributed by atoms with Crippen LogP contribution in [-0.2, 0) is 9.59 Å². The number of carbonyl (C=O) groups excluding carboxylic acids is 1. The van der Waals surface area contributed by atoms with Crippen molar-refractivity contribution in [2.45, 2.75) is 39.5 Å². The van der Waals surface area contributed by atoms with Crippen molar-refractivity contribution >= 4 is 33.7 Å². The van der Waals surface area contributed by atoms with Crippen LogP contribution in [0.15, 0.2) is 64.2 Å². The van der Waals surface area contributed by atoms with E-state index in [4.69, 9.17) is 10.2 Å². The van der Waals surface area contributed by atoms with E-state index in [1.54, 1.807) is 0 Å². The van der Waals surface area contributed by atoms with Crippen molar-refractivity contribution in [1.82, 2.24) is 4.90 Å². The maximum atomic E-state index is 12.1. The van der Waals surface area contributed by atoms with Crippen LogP contribution in [0.4, 0.5) is 0 Å². The second-order valence-electron chi connectivity index (χ2n) is 7.34. The Hall–Kier alpha value is -2.51. The standard InChI is InChI=1S/C20H28BrNO.C4H4O4/c1-16(6-5-7-17(2)14-15-22(3)4)8-13-20(23)18-9-11-19(21)12-10-18;5-3(6)1-2-4(7)8/h6,9-12,14H,5,7-8,13,15H2,1-4H3;1-2H,(H,5,6)(H,7,8). The zero-order valence-electron chi connectivity index (χ0n) is 18.6. The molecule has 0 spiro atoms. The summed E-state index contributed by atoms with van der Waals surface area (Å²) in [4.78, 5) is 33.4. The highest BCUT2D eigenvalue weighted by molar-refractivity contribution is 9.10. The second-order valence-corrected chi connectivity index (χ2v) is 8.26. The third-order valence-electron chi connectivity index (χ3n) is 4.12. The summed E-state index contributed by atoms with van der Waals surface area (Å²) < 4.78 is 1.00. The van der Waals surface area contributed by atoms with Crippen molar-refractivity contribution < 1.29 is 24.6 Å². The van der Waals surface area contributed by atoms with Crippen LogP contribution in [0.3, 0.4) is 0 Å². The zero-order valence-corrected chi connectivity index (χ0v) is 20.2. The van der Waals surface area contributed by atoms with Gasteiger partial charge in [0.25, 0.3) is 0 Å². The summed E-state index contributed by atoms with van der Waals surface area (Å²) in [5.41, 5.74) is 3.52. The monoisotopic (exact) mass is 493 g/mol. The fourth-order valence-corrected chi connectivity index (χ4v) is 2.59. The Labute approximate surface area is 193 Å². The predicted octanol–water partition coefficient (Wildman–Crippen LogP) is 5.36. The molecule has 0 unspecified atom stereocenters. The number of nitrogens with zero attached hydrogens (tertiary/aromatic N) is 1. The van der Waals surface area contributed by atoms with Gasteiger partial charge in [-0.25, -0.2) is 9.59 Å². The van der Waals surface area contributed by atoms with Crippen molar-refractivity contribution in [2.24, 2.45) is 0 Å². The molecule has 2 N–H and O–H groups in total. The van der Waals surface area contributed by atoms with E-state index in [-0.39, 0.29) is 5.78 Å². The van der Waals surface area contributed by atoms with Crippen LogP contribution >= 0.6 is 15.9 Å². The number of likely N-dealkylation sites (N-methyl/N-ethyl adjacent to an activating group) is 1. The van der Waals surface area contributed by atoms with Gasteiger partial charge in [0.05, 0.1) is 0 Å². The molecule has 0 aliphatic heterocycles. The van der Waals surface area contributed by atoms with Crippen LogP contribution in [-0.4, -0.2) is 53.5 Å². The van der Waals surface area contributed by atoms with Crippen molar-refractivity contribution in [3.8, 4) is 0 Å². The number of carbonyl (C=O) groups is 3. The van der Waals surface area contributed by atoms with Gasteiger partial charge in [0.15, 0.2) is 5.78 Å². The van der Waals surface area contributed by atoms with Crippen molar-refractivity contribution in [2.75, 3.05) is 20.6 Å². The van der Waals surface area contributed by atoms with Gasteiger partial charge in [0, 0.05) is 35.2 Å². The van der Waals surface area contributed by atoms with Gasteiger partial charge in [-0.3, -0.25) is 4.79 Å². The Morgan fingerprint density at radius 2 is 1.39 bits per heavy atom. The molecule has 0 aliphatic carbocycles. The molecule has 0 radical (unpaired) electrons. The lowest BCUT2D eigenvalue weighted by atomic mass is 10.0. The van der Waals surface area contributed by atoms with Crippen LogP contribution < -0.4 is 0 Å². The quantitative estimate of drug-likeness (QED) is 0.244. The van der Waals surface area contributed by atoms with Gasteiger partial charge in [-0.05, 0) is 59.3 Å².